The van der Waals surface area contributed by atoms with Gasteiger partial charge in [-0.05, 0) is 0 Å². The maximum Gasteiger partial charge on any atom is 0.385 e. The SMILES string of the molecule is CO[C](C#N)OC(C)=O. The van der Waals surface area contributed by atoms with Gasteiger partial charge in [0.15, 0.2) is 6.07 Å². The van der Waals surface area contributed by atoms with Crippen molar-refractivity contribution in [2.45, 2.75) is 6.92 Å². The highest BCUT2D eigenvalue weighted by Gasteiger charge is 2.10. The molecule has 0 spiro atoms. The van der Waals surface area contributed by atoms with Gasteiger partial charge in [0.25, 0.3) is 0 Å². The lowest BCUT2D eigenvalue weighted by Crippen LogP contribution is -2.06. The Hall–Kier alpha value is -1.08. The lowest BCUT2D eigenvalue weighted by molar-refractivity contribution is -0.146. The van der Waals surface area contributed by atoms with E-state index in [0.29, 0.717) is 0 Å². The lowest BCUT2D eigenvalue weighted by Gasteiger charge is -2.01. The van der Waals surface area contributed by atoms with Crippen molar-refractivity contribution in [1.82, 2.24) is 0 Å². The highest BCUT2D eigenvalue weighted by Crippen LogP contribution is 1.99. The molecule has 49 valence electrons. The van der Waals surface area contributed by atoms with E-state index in [1.54, 1.807) is 0 Å². The summed E-state index contributed by atoms with van der Waals surface area (Å²) in [5.41, 5.74) is 0. The minimum Gasteiger partial charge on any atom is -0.412 e. The maximum atomic E-state index is 10.1. The number of carbonyl (C=O) groups is 1. The number of nitriles is 1. The summed E-state index contributed by atoms with van der Waals surface area (Å²) >= 11 is 0. The molecule has 0 rings (SSSR count). The van der Waals surface area contributed by atoms with Crippen LogP contribution in [0.25, 0.3) is 0 Å². The second kappa shape index (κ2) is 3.87. The molecule has 0 aliphatic rings. The van der Waals surface area contributed by atoms with Gasteiger partial charge in [0.2, 0.25) is 0 Å². The van der Waals surface area contributed by atoms with E-state index in [2.05, 4.69) is 9.47 Å². The molecule has 0 aromatic heterocycles. The van der Waals surface area contributed by atoms with E-state index < -0.39 is 5.97 Å². The fourth-order valence-corrected chi connectivity index (χ4v) is 0.241. The monoisotopic (exact) mass is 128 g/mol. The summed E-state index contributed by atoms with van der Waals surface area (Å²) in [4.78, 5) is 10.1. The summed E-state index contributed by atoms with van der Waals surface area (Å²) in [5.74, 6) is -0.562. The number of methoxy groups -OCH3 is 1. The molecule has 0 aliphatic carbocycles. The number of hydrogen-bond donors (Lipinski definition) is 0. The summed E-state index contributed by atoms with van der Waals surface area (Å²) in [5, 5.41) is 8.09. The molecule has 0 saturated carbocycles. The Balaban J connectivity index is 3.60. The average molecular weight is 128 g/mol. The van der Waals surface area contributed by atoms with Gasteiger partial charge in [0.1, 0.15) is 0 Å². The topological polar surface area (TPSA) is 59.3 Å². The molecule has 0 aromatic rings. The van der Waals surface area contributed by atoms with Crippen LogP contribution in [0.15, 0.2) is 0 Å². The maximum absolute atomic E-state index is 10.1. The van der Waals surface area contributed by atoms with Crippen LogP contribution in [0.4, 0.5) is 0 Å². The quantitative estimate of drug-likeness (QED) is 0.499. The third-order valence-corrected chi connectivity index (χ3v) is 0.513. The van der Waals surface area contributed by atoms with Gasteiger partial charge in [-0.25, -0.2) is 0 Å². The van der Waals surface area contributed by atoms with Crippen LogP contribution < -0.4 is 0 Å². The minimum atomic E-state index is -0.562. The summed E-state index contributed by atoms with van der Waals surface area (Å²) in [6.45, 7) is 1.19. The van der Waals surface area contributed by atoms with Crippen LogP contribution in [0.1, 0.15) is 6.92 Å². The van der Waals surface area contributed by atoms with Gasteiger partial charge in [-0.3, -0.25) is 4.79 Å². The molecule has 0 heterocycles. The smallest absolute Gasteiger partial charge is 0.385 e. The number of nitrogens with zero attached hydrogens (tertiary/aromatic N) is 1. The van der Waals surface area contributed by atoms with Crippen molar-refractivity contribution >= 4 is 5.97 Å². The van der Waals surface area contributed by atoms with E-state index in [0.717, 1.165) is 0 Å². The van der Waals surface area contributed by atoms with Gasteiger partial charge in [-0.1, -0.05) is 0 Å². The molecule has 0 N–H and O–H groups in total. The molecule has 0 bridgehead atoms. The Bertz CT molecular complexity index is 138. The van der Waals surface area contributed by atoms with E-state index in [9.17, 15) is 4.79 Å². The third kappa shape index (κ3) is 3.50. The zero-order chi connectivity index (χ0) is 7.28. The van der Waals surface area contributed by atoms with Gasteiger partial charge >= 0.3 is 12.3 Å². The zero-order valence-electron chi connectivity index (χ0n) is 5.17. The first-order valence-electron chi connectivity index (χ1n) is 2.20. The van der Waals surface area contributed by atoms with Crippen molar-refractivity contribution in [2.75, 3.05) is 7.11 Å². The molecule has 0 aliphatic heterocycles. The molecule has 9 heavy (non-hydrogen) atoms. The fourth-order valence-electron chi connectivity index (χ4n) is 0.241. The second-order valence-electron chi connectivity index (χ2n) is 1.20. The van der Waals surface area contributed by atoms with Crippen LogP contribution in [0.5, 0.6) is 0 Å². The van der Waals surface area contributed by atoms with Crippen LogP contribution >= 0.6 is 0 Å². The molecule has 0 atom stereocenters. The van der Waals surface area contributed by atoms with Crippen LogP contribution in [0.3, 0.4) is 0 Å². The van der Waals surface area contributed by atoms with E-state index in [-0.39, 0.29) is 6.29 Å². The predicted molar refractivity (Wildman–Crippen MR) is 27.6 cm³/mol. The first kappa shape index (κ1) is 7.92. The van der Waals surface area contributed by atoms with Crippen molar-refractivity contribution in [3.63, 3.8) is 0 Å². The van der Waals surface area contributed by atoms with Crippen molar-refractivity contribution in [3.05, 3.63) is 6.29 Å². The Morgan fingerprint density at radius 2 is 2.22 bits per heavy atom. The molecule has 0 saturated heterocycles. The molecule has 1 radical (unpaired) electrons. The van der Waals surface area contributed by atoms with Gasteiger partial charge in [0.05, 0.1) is 0 Å². The number of carbonyl (C=O) groups excluding carboxylic acids is 1. The third-order valence-electron chi connectivity index (χ3n) is 0.513. The fraction of sp³-hybridized carbons (Fsp3) is 0.400. The minimum absolute atomic E-state index is 0.331. The van der Waals surface area contributed by atoms with Gasteiger partial charge < -0.3 is 9.47 Å². The highest BCUT2D eigenvalue weighted by molar-refractivity contribution is 5.67. The van der Waals surface area contributed by atoms with Crippen LogP contribution in [-0.2, 0) is 14.3 Å². The highest BCUT2D eigenvalue weighted by atomic mass is 16.7. The van der Waals surface area contributed by atoms with E-state index >= 15 is 0 Å². The molecule has 0 amide bonds. The first-order chi connectivity index (χ1) is 4.20. The molecular formula is C5H6NO3. The molecule has 0 unspecified atom stereocenters. The molecule has 4 nitrogen and oxygen atoms in total. The molecule has 4 heteroatoms. The van der Waals surface area contributed by atoms with E-state index in [1.807, 2.05) is 0 Å². The lowest BCUT2D eigenvalue weighted by atomic mass is 10.7. The first-order valence-corrected chi connectivity index (χ1v) is 2.20. The summed E-state index contributed by atoms with van der Waals surface area (Å²) in [6, 6.07) is 1.53. The standard InChI is InChI=1S/C5H6NO3/c1-4(7)9-5(3-6)8-2/h1-2H3. The Morgan fingerprint density at radius 1 is 1.67 bits per heavy atom. The van der Waals surface area contributed by atoms with Gasteiger partial charge in [-0.15, -0.1) is 0 Å². The zero-order valence-corrected chi connectivity index (χ0v) is 5.17. The van der Waals surface area contributed by atoms with Crippen molar-refractivity contribution in [2.24, 2.45) is 0 Å². The normalized spacial score (nSPS) is 8.67. The van der Waals surface area contributed by atoms with Crippen LogP contribution in [-0.4, -0.2) is 13.1 Å². The van der Waals surface area contributed by atoms with E-state index in [1.165, 1.54) is 20.1 Å². The Morgan fingerprint density at radius 3 is 2.33 bits per heavy atom. The largest absolute Gasteiger partial charge is 0.412 e. The number of ether oxygens (including phenoxy) is 2. The average Bonchev–Trinajstić information content (AvgIpc) is 1.82. The number of hydrogen-bond acceptors (Lipinski definition) is 4. The predicted octanol–water partition coefficient (Wildman–Crippen LogP) is 0.209. The van der Waals surface area contributed by atoms with Crippen molar-refractivity contribution in [3.8, 4) is 6.07 Å². The number of esters is 1. The number of rotatable bonds is 2. The summed E-state index contributed by atoms with van der Waals surface area (Å²) < 4.78 is 8.57. The van der Waals surface area contributed by atoms with E-state index in [4.69, 9.17) is 5.26 Å². The Kier molecular flexibility index (Phi) is 3.40. The van der Waals surface area contributed by atoms with Crippen molar-refractivity contribution < 1.29 is 14.3 Å². The molecule has 0 aromatic carbocycles. The second-order valence-corrected chi connectivity index (χ2v) is 1.20. The van der Waals surface area contributed by atoms with Gasteiger partial charge in [0, 0.05) is 14.0 Å². The summed E-state index contributed by atoms with van der Waals surface area (Å²) in [7, 11) is 1.25. The van der Waals surface area contributed by atoms with Crippen LogP contribution in [0, 0.1) is 17.6 Å². The van der Waals surface area contributed by atoms with Gasteiger partial charge in [-0.2, -0.15) is 5.26 Å². The molecular weight excluding hydrogens is 122 g/mol. The van der Waals surface area contributed by atoms with Crippen molar-refractivity contribution in [1.29, 1.82) is 5.26 Å². The van der Waals surface area contributed by atoms with Crippen LogP contribution in [0.2, 0.25) is 0 Å². The summed E-state index contributed by atoms with van der Waals surface area (Å²) in [6.07, 6.45) is -0.331. The Labute approximate surface area is 53.0 Å². The molecule has 0 fully saturated rings.